The minimum Gasteiger partial charge on any atom is -0.447 e. The predicted octanol–water partition coefficient (Wildman–Crippen LogP) is 0.887. The summed E-state index contributed by atoms with van der Waals surface area (Å²) in [7, 11) is -3.51. The first-order valence-electron chi connectivity index (χ1n) is 9.76. The number of nitrogens with zero attached hydrogens (tertiary/aromatic N) is 3. The van der Waals surface area contributed by atoms with Gasteiger partial charge in [-0.15, -0.1) is 0 Å². The lowest BCUT2D eigenvalue weighted by atomic mass is 10.2. The summed E-state index contributed by atoms with van der Waals surface area (Å²) < 4.78 is 37.7. The predicted molar refractivity (Wildman–Crippen MR) is 97.5 cm³/mol. The van der Waals surface area contributed by atoms with E-state index in [-0.39, 0.29) is 17.1 Å². The molecule has 0 saturated carbocycles. The van der Waals surface area contributed by atoms with E-state index in [9.17, 15) is 13.2 Å². The topological polar surface area (TPSA) is 83.3 Å². The van der Waals surface area contributed by atoms with Crippen LogP contribution in [0, 0.1) is 0 Å². The van der Waals surface area contributed by atoms with E-state index in [1.165, 1.54) is 4.31 Å². The van der Waals surface area contributed by atoms with Crippen molar-refractivity contribution in [3.8, 4) is 0 Å². The zero-order valence-corrected chi connectivity index (χ0v) is 16.3. The highest BCUT2D eigenvalue weighted by Crippen LogP contribution is 2.23. The highest BCUT2D eigenvalue weighted by atomic mass is 32.2. The summed E-state index contributed by atoms with van der Waals surface area (Å²) >= 11 is 0. The van der Waals surface area contributed by atoms with Crippen molar-refractivity contribution in [2.75, 3.05) is 45.9 Å². The second-order valence-corrected chi connectivity index (χ2v) is 9.30. The minimum absolute atomic E-state index is 0.0339. The third-order valence-corrected chi connectivity index (χ3v) is 7.34. The number of rotatable bonds is 5. The molecular formula is C18H27N3O5S. The largest absolute Gasteiger partial charge is 0.447 e. The Hall–Kier alpha value is -1.42. The molecule has 1 amide bonds. The van der Waals surface area contributed by atoms with Crippen LogP contribution in [0.25, 0.3) is 0 Å². The van der Waals surface area contributed by atoms with Crippen LogP contribution in [-0.2, 0) is 26.1 Å². The fourth-order valence-corrected chi connectivity index (χ4v) is 5.41. The number of hydrogen-bond donors (Lipinski definition) is 0. The van der Waals surface area contributed by atoms with Gasteiger partial charge in [0.25, 0.3) is 15.9 Å². The average Bonchev–Trinajstić information content (AvgIpc) is 3.43. The molecule has 1 atom stereocenters. The highest BCUT2D eigenvalue weighted by molar-refractivity contribution is 7.89. The van der Waals surface area contributed by atoms with E-state index in [1.807, 2.05) is 4.90 Å². The molecule has 8 nitrogen and oxygen atoms in total. The minimum atomic E-state index is -3.51. The first kappa shape index (κ1) is 18.9. The zero-order valence-electron chi connectivity index (χ0n) is 15.5. The van der Waals surface area contributed by atoms with Crippen LogP contribution in [0.3, 0.4) is 0 Å². The van der Waals surface area contributed by atoms with Crippen molar-refractivity contribution >= 4 is 15.9 Å². The number of piperazine rings is 1. The Morgan fingerprint density at radius 1 is 1.04 bits per heavy atom. The summed E-state index contributed by atoms with van der Waals surface area (Å²) in [6.45, 7) is 5.19. The zero-order chi connectivity index (χ0) is 18.9. The van der Waals surface area contributed by atoms with Crippen LogP contribution in [0.4, 0.5) is 0 Å². The third kappa shape index (κ3) is 4.06. The third-order valence-electron chi connectivity index (χ3n) is 5.56. The molecule has 1 aromatic rings. The lowest BCUT2D eigenvalue weighted by molar-refractivity contribution is -0.142. The van der Waals surface area contributed by atoms with E-state index in [4.69, 9.17) is 9.15 Å². The molecule has 3 saturated heterocycles. The van der Waals surface area contributed by atoms with E-state index in [0.29, 0.717) is 45.1 Å². The Bertz CT molecular complexity index is 758. The van der Waals surface area contributed by atoms with Crippen molar-refractivity contribution < 1.29 is 22.4 Å². The Morgan fingerprint density at radius 2 is 1.78 bits per heavy atom. The standard InChI is InChI=1S/C18H27N3O5S/c22-18(16-4-3-13-25-16)20-11-9-19(10-12-20)14-15-5-6-17(26-15)27(23,24)21-7-1-2-8-21/h5-6,16H,1-4,7-14H2/t16-/m0/s1. The maximum absolute atomic E-state index is 12.5. The van der Waals surface area contributed by atoms with E-state index in [0.717, 1.165) is 38.8 Å². The molecule has 3 aliphatic rings. The molecule has 4 heterocycles. The maximum atomic E-state index is 12.5. The van der Waals surface area contributed by atoms with Crippen LogP contribution < -0.4 is 0 Å². The lowest BCUT2D eigenvalue weighted by Gasteiger charge is -2.35. The molecule has 0 aliphatic carbocycles. The highest BCUT2D eigenvalue weighted by Gasteiger charge is 2.32. The van der Waals surface area contributed by atoms with Crippen LogP contribution >= 0.6 is 0 Å². The first-order chi connectivity index (χ1) is 13.0. The van der Waals surface area contributed by atoms with Gasteiger partial charge in [0.15, 0.2) is 0 Å². The van der Waals surface area contributed by atoms with Gasteiger partial charge >= 0.3 is 0 Å². The summed E-state index contributed by atoms with van der Waals surface area (Å²) in [5, 5.41) is 0.0339. The van der Waals surface area contributed by atoms with Gasteiger partial charge in [-0.1, -0.05) is 0 Å². The first-order valence-corrected chi connectivity index (χ1v) is 11.2. The van der Waals surface area contributed by atoms with Crippen molar-refractivity contribution in [2.24, 2.45) is 0 Å². The van der Waals surface area contributed by atoms with E-state index in [2.05, 4.69) is 4.90 Å². The van der Waals surface area contributed by atoms with Crippen LogP contribution in [-0.4, -0.2) is 80.4 Å². The molecule has 4 rings (SSSR count). The molecule has 0 aromatic carbocycles. The van der Waals surface area contributed by atoms with E-state index >= 15 is 0 Å². The molecule has 0 radical (unpaired) electrons. The van der Waals surface area contributed by atoms with Gasteiger partial charge in [-0.2, -0.15) is 4.31 Å². The number of hydrogen-bond acceptors (Lipinski definition) is 6. The van der Waals surface area contributed by atoms with Crippen molar-refractivity contribution in [3.05, 3.63) is 17.9 Å². The Morgan fingerprint density at radius 3 is 2.44 bits per heavy atom. The smallest absolute Gasteiger partial charge is 0.276 e. The number of sulfonamides is 1. The van der Waals surface area contributed by atoms with Crippen molar-refractivity contribution in [1.82, 2.24) is 14.1 Å². The van der Waals surface area contributed by atoms with Gasteiger partial charge in [-0.3, -0.25) is 9.69 Å². The molecule has 0 bridgehead atoms. The second-order valence-electron chi connectivity index (χ2n) is 7.44. The number of ether oxygens (including phenoxy) is 1. The fraction of sp³-hybridized carbons (Fsp3) is 0.722. The molecular weight excluding hydrogens is 370 g/mol. The Kier molecular flexibility index (Phi) is 5.54. The summed E-state index contributed by atoms with van der Waals surface area (Å²) in [6, 6.07) is 3.30. The van der Waals surface area contributed by atoms with Gasteiger partial charge in [0, 0.05) is 45.9 Å². The van der Waals surface area contributed by atoms with Crippen molar-refractivity contribution in [1.29, 1.82) is 0 Å². The number of carbonyl (C=O) groups excluding carboxylic acids is 1. The maximum Gasteiger partial charge on any atom is 0.276 e. The summed E-state index contributed by atoms with van der Waals surface area (Å²) in [5.74, 6) is 0.746. The molecule has 1 aromatic heterocycles. The number of carbonyl (C=O) groups is 1. The quantitative estimate of drug-likeness (QED) is 0.734. The SMILES string of the molecule is O=C([C@@H]1CCCO1)N1CCN(Cc2ccc(S(=O)(=O)N3CCCC3)o2)CC1. The summed E-state index contributed by atoms with van der Waals surface area (Å²) in [5.41, 5.74) is 0. The van der Waals surface area contributed by atoms with Crippen molar-refractivity contribution in [2.45, 2.75) is 43.4 Å². The Labute approximate surface area is 160 Å². The van der Waals surface area contributed by atoms with E-state index in [1.54, 1.807) is 12.1 Å². The normalized spacial score (nSPS) is 25.3. The lowest BCUT2D eigenvalue weighted by Crippen LogP contribution is -2.51. The summed E-state index contributed by atoms with van der Waals surface area (Å²) in [4.78, 5) is 16.5. The molecule has 3 aliphatic heterocycles. The fourth-order valence-electron chi connectivity index (χ4n) is 3.96. The molecule has 0 unspecified atom stereocenters. The number of furan rings is 1. The van der Waals surface area contributed by atoms with Crippen LogP contribution in [0.5, 0.6) is 0 Å². The van der Waals surface area contributed by atoms with Crippen LogP contribution in [0.1, 0.15) is 31.4 Å². The van der Waals surface area contributed by atoms with Crippen LogP contribution in [0.2, 0.25) is 0 Å². The second kappa shape index (κ2) is 7.90. The van der Waals surface area contributed by atoms with E-state index < -0.39 is 10.0 Å². The van der Waals surface area contributed by atoms with Gasteiger partial charge < -0.3 is 14.1 Å². The number of amides is 1. The van der Waals surface area contributed by atoms with Gasteiger partial charge in [0.05, 0.1) is 6.54 Å². The molecule has 150 valence electrons. The molecule has 27 heavy (non-hydrogen) atoms. The van der Waals surface area contributed by atoms with Gasteiger partial charge in [0.1, 0.15) is 11.9 Å². The summed E-state index contributed by atoms with van der Waals surface area (Å²) in [6.07, 6.45) is 3.32. The van der Waals surface area contributed by atoms with Gasteiger partial charge in [-0.05, 0) is 37.8 Å². The van der Waals surface area contributed by atoms with Gasteiger partial charge in [0.2, 0.25) is 5.09 Å². The molecule has 3 fully saturated rings. The van der Waals surface area contributed by atoms with Crippen molar-refractivity contribution in [3.63, 3.8) is 0 Å². The Balaban J connectivity index is 1.31. The molecule has 0 N–H and O–H groups in total. The average molecular weight is 397 g/mol. The molecule has 0 spiro atoms. The van der Waals surface area contributed by atoms with Crippen LogP contribution in [0.15, 0.2) is 21.6 Å². The monoisotopic (exact) mass is 397 g/mol. The molecule has 9 heteroatoms. The van der Waals surface area contributed by atoms with Gasteiger partial charge in [-0.25, -0.2) is 8.42 Å².